The van der Waals surface area contributed by atoms with Gasteiger partial charge in [0.15, 0.2) is 0 Å². The van der Waals surface area contributed by atoms with E-state index in [2.05, 4.69) is 119 Å². The van der Waals surface area contributed by atoms with E-state index < -0.39 is 19.4 Å². The van der Waals surface area contributed by atoms with Crippen LogP contribution < -0.4 is 35.2 Å². The molecule has 70 heavy (non-hydrogen) atoms. The normalized spacial score (nSPS) is 13.9. The molecular formula is C60H47N2O5PS2. The molecule has 7 nitrogen and oxygen atoms in total. The van der Waals surface area contributed by atoms with Crippen LogP contribution in [-0.2, 0) is 0 Å². The topological polar surface area (TPSA) is 82.5 Å². The molecule has 0 saturated heterocycles. The second kappa shape index (κ2) is 19.0. The molecule has 1 aliphatic rings. The number of fused-ring (bicyclic) bond motifs is 2. The number of hydrogen-bond acceptors (Lipinski definition) is 8. The number of ether oxygens (including phenoxy) is 2. The van der Waals surface area contributed by atoms with Crippen LogP contribution in [0, 0.1) is 0 Å². The maximum atomic E-state index is 13.9. The fraction of sp³-hybridized carbons (Fsp3) is 0.0500. The second-order valence-electron chi connectivity index (χ2n) is 17.0. The Hall–Kier alpha value is -7.78. The van der Waals surface area contributed by atoms with Crippen LogP contribution in [0.4, 0.5) is 34.1 Å². The Labute approximate surface area is 415 Å². The number of para-hydroxylation sites is 4. The summed E-state index contributed by atoms with van der Waals surface area (Å²) in [6, 6.07) is 76.2. The first-order valence-corrected chi connectivity index (χ1v) is 26.5. The van der Waals surface area contributed by atoms with Crippen LogP contribution in [0.25, 0.3) is 20.9 Å². The third kappa shape index (κ3) is 8.03. The Bertz CT molecular complexity index is 3170. The zero-order valence-electron chi connectivity index (χ0n) is 38.3. The van der Waals surface area contributed by atoms with Gasteiger partial charge in [0.05, 0.1) is 0 Å². The minimum absolute atomic E-state index is 0.0582. The maximum absolute atomic E-state index is 13.9. The van der Waals surface area contributed by atoms with Gasteiger partial charge in [0.25, 0.3) is 0 Å². The van der Waals surface area contributed by atoms with Crippen LogP contribution in [0.1, 0.15) is 31.6 Å². The first kappa shape index (κ1) is 44.7. The Morgan fingerprint density at radius 2 is 0.800 bits per heavy atom. The third-order valence-electron chi connectivity index (χ3n) is 13.0. The number of thiophene rings is 2. The summed E-state index contributed by atoms with van der Waals surface area (Å²) < 4.78 is 12.2. The molecule has 2 N–H and O–H groups in total. The summed E-state index contributed by atoms with van der Waals surface area (Å²) in [5, 5.41) is 12.8. The van der Waals surface area contributed by atoms with Crippen LogP contribution >= 0.6 is 30.2 Å². The predicted octanol–water partition coefficient (Wildman–Crippen LogP) is 14.2. The van der Waals surface area contributed by atoms with E-state index in [1.165, 1.54) is 0 Å². The van der Waals surface area contributed by atoms with E-state index >= 15 is 0 Å². The number of carboxylic acids is 1. The molecular weight excluding hydrogens is 924 g/mol. The van der Waals surface area contributed by atoms with Gasteiger partial charge in [0.2, 0.25) is 0 Å². The fourth-order valence-electron chi connectivity index (χ4n) is 9.70. The van der Waals surface area contributed by atoms with Crippen LogP contribution in [-0.4, -0.2) is 30.2 Å². The molecule has 1 aliphatic heterocycles. The zero-order valence-corrected chi connectivity index (χ0v) is 40.9. The molecule has 0 atom stereocenters. The number of nitrogens with zero attached hydrogens (tertiary/aromatic N) is 2. The summed E-state index contributed by atoms with van der Waals surface area (Å²) in [4.78, 5) is 34.8. The monoisotopic (exact) mass is 970 g/mol. The number of rotatable bonds is 13. The molecule has 0 aliphatic carbocycles. The summed E-state index contributed by atoms with van der Waals surface area (Å²) in [6.45, 7) is 0. The number of carboxylic acid groups (broad SMARTS) is 1. The molecule has 0 bridgehead atoms. The van der Waals surface area contributed by atoms with Crippen molar-refractivity contribution in [2.45, 2.75) is 5.92 Å². The first-order valence-electron chi connectivity index (χ1n) is 22.9. The van der Waals surface area contributed by atoms with E-state index in [0.29, 0.717) is 17.1 Å². The van der Waals surface area contributed by atoms with Crippen molar-refractivity contribution >= 4 is 86.2 Å². The number of methoxy groups -OCH3 is 2. The molecule has 344 valence electrons. The van der Waals surface area contributed by atoms with Gasteiger partial charge in [-0.25, -0.2) is 0 Å². The molecule has 11 rings (SSSR count). The Balaban J connectivity index is 1.08. The van der Waals surface area contributed by atoms with E-state index in [1.807, 2.05) is 103 Å². The average molecular weight is 971 g/mol. The van der Waals surface area contributed by atoms with E-state index in [4.69, 9.17) is 9.47 Å². The summed E-state index contributed by atoms with van der Waals surface area (Å²) in [7, 11) is -0.614. The fourth-order valence-corrected chi connectivity index (χ4v) is 16.9. The Morgan fingerprint density at radius 1 is 0.471 bits per heavy atom. The van der Waals surface area contributed by atoms with Crippen molar-refractivity contribution in [3.63, 3.8) is 0 Å². The van der Waals surface area contributed by atoms with Crippen LogP contribution in [0.5, 0.6) is 11.5 Å². The van der Waals surface area contributed by atoms with Crippen LogP contribution in [0.15, 0.2) is 224 Å². The van der Waals surface area contributed by atoms with Crippen LogP contribution in [0.3, 0.4) is 0 Å². The summed E-state index contributed by atoms with van der Waals surface area (Å²) in [5.74, 6) is -0.761. The molecule has 8 aromatic carbocycles. The van der Waals surface area contributed by atoms with Crippen LogP contribution in [0.2, 0.25) is 0 Å². The average Bonchev–Trinajstić information content (AvgIpc) is 4.08. The number of aromatic carboxylic acids is 1. The molecule has 10 heteroatoms. The third-order valence-corrected chi connectivity index (χ3v) is 19.4. The Kier molecular flexibility index (Phi) is 12.1. The van der Waals surface area contributed by atoms with Crippen molar-refractivity contribution in [1.29, 1.82) is 0 Å². The van der Waals surface area contributed by atoms with E-state index in [9.17, 15) is 14.8 Å². The van der Waals surface area contributed by atoms with Crippen molar-refractivity contribution in [1.82, 2.24) is 0 Å². The van der Waals surface area contributed by atoms with Gasteiger partial charge in [-0.3, -0.25) is 0 Å². The van der Waals surface area contributed by atoms with Gasteiger partial charge in [0.1, 0.15) is 0 Å². The number of carbonyl (C=O) groups is 1. The molecule has 2 aromatic heterocycles. The van der Waals surface area contributed by atoms with E-state index in [1.54, 1.807) is 49.0 Å². The van der Waals surface area contributed by atoms with Gasteiger partial charge in [0, 0.05) is 0 Å². The predicted molar refractivity (Wildman–Crippen MR) is 292 cm³/mol. The molecule has 0 spiro atoms. The van der Waals surface area contributed by atoms with Gasteiger partial charge >= 0.3 is 418 Å². The van der Waals surface area contributed by atoms with Crippen molar-refractivity contribution in [2.75, 3.05) is 24.0 Å². The van der Waals surface area contributed by atoms with Crippen molar-refractivity contribution in [3.8, 4) is 32.4 Å². The van der Waals surface area contributed by atoms with Crippen molar-refractivity contribution in [3.05, 3.63) is 245 Å². The standard InChI is InChI=1S/C60H47N2O5PS2/c1-66-50-36-42(60(63)64)37-51(67-2)56(50)57-58-52(38-54(69-58)40-28-32-47(33-29-40)61(43-18-8-3-9-19-43)44-20-10-4-11-21-44)68(65,49-26-16-7-17-27-49)53-39-55(70-59(53)57)41-30-34-48(35-31-41)62(45-22-12-5-13-23-45)46-24-14-6-15-25-46/h3-39,57,65,68H,1-2H3,(H,63,64). The SMILES string of the molecule is COc1cc(C(=O)O)cc(OC)c1C1c2sc(-c3ccc(N(c4ccccc4)c4ccccc4)cc3)cc2[PH](O)(c2ccccc2)c2cc(-c3ccc(N(c4ccccc4)c4ccccc4)cc3)sc21. The molecule has 0 saturated carbocycles. The number of hydrogen-bond donors (Lipinski definition) is 2. The zero-order chi connectivity index (χ0) is 47.8. The number of anilines is 6. The van der Waals surface area contributed by atoms with Gasteiger partial charge in [-0.2, -0.15) is 0 Å². The molecule has 0 unspecified atom stereocenters. The van der Waals surface area contributed by atoms with E-state index in [0.717, 1.165) is 80.7 Å². The summed E-state index contributed by atoms with van der Waals surface area (Å²) in [6.07, 6.45) is 0. The molecule has 0 radical (unpaired) electrons. The number of benzene rings is 8. The second-order valence-corrected chi connectivity index (χ2v) is 22.2. The molecule has 3 heterocycles. The van der Waals surface area contributed by atoms with Gasteiger partial charge in [-0.1, -0.05) is 0 Å². The van der Waals surface area contributed by atoms with Gasteiger partial charge < -0.3 is 0 Å². The molecule has 0 fully saturated rings. The molecule has 10 aromatic rings. The minimum atomic E-state index is -3.74. The summed E-state index contributed by atoms with van der Waals surface area (Å²) >= 11 is 3.30. The molecule has 0 amide bonds. The van der Waals surface area contributed by atoms with Gasteiger partial charge in [-0.05, 0) is 0 Å². The van der Waals surface area contributed by atoms with Crippen molar-refractivity contribution in [2.24, 2.45) is 0 Å². The van der Waals surface area contributed by atoms with Crippen molar-refractivity contribution < 1.29 is 24.3 Å². The summed E-state index contributed by atoms with van der Waals surface area (Å²) in [5.41, 5.74) is 9.01. The van der Waals surface area contributed by atoms with E-state index in [-0.39, 0.29) is 5.56 Å². The Morgan fingerprint density at radius 3 is 1.13 bits per heavy atom. The first-order chi connectivity index (χ1) is 34.3. The quantitative estimate of drug-likeness (QED) is 0.111. The van der Waals surface area contributed by atoms with Gasteiger partial charge in [-0.15, -0.1) is 0 Å².